The summed E-state index contributed by atoms with van der Waals surface area (Å²) in [6, 6.07) is 10.8. The molecule has 0 atom stereocenters. The predicted octanol–water partition coefficient (Wildman–Crippen LogP) is 2.86. The zero-order chi connectivity index (χ0) is 17.8. The maximum absolute atomic E-state index is 4.23. The van der Waals surface area contributed by atoms with E-state index in [2.05, 4.69) is 68.9 Å². The highest BCUT2D eigenvalue weighted by atomic mass is 32.1. The Morgan fingerprint density at radius 3 is 2.81 bits per heavy atom. The molecule has 0 aliphatic carbocycles. The second kappa shape index (κ2) is 8.05. The highest BCUT2D eigenvalue weighted by molar-refractivity contribution is 7.10. The Balaban J connectivity index is 1.38. The fraction of sp³-hybridized carbons (Fsp3) is 0.381. The van der Waals surface area contributed by atoms with E-state index in [1.165, 1.54) is 5.56 Å². The van der Waals surface area contributed by atoms with Crippen molar-refractivity contribution >= 4 is 11.3 Å². The lowest BCUT2D eigenvalue weighted by atomic mass is 10.0. The van der Waals surface area contributed by atoms with Crippen LogP contribution in [0.25, 0.3) is 0 Å². The number of rotatable bonds is 3. The predicted molar refractivity (Wildman–Crippen MR) is 107 cm³/mol. The molecule has 4 nitrogen and oxygen atoms in total. The lowest BCUT2D eigenvalue weighted by Crippen LogP contribution is -2.47. The van der Waals surface area contributed by atoms with Gasteiger partial charge in [0, 0.05) is 56.9 Å². The highest BCUT2D eigenvalue weighted by Gasteiger charge is 2.27. The third-order valence-corrected chi connectivity index (χ3v) is 5.64. The van der Waals surface area contributed by atoms with Gasteiger partial charge in [-0.25, -0.2) is 4.98 Å². The minimum atomic E-state index is 0.818. The first kappa shape index (κ1) is 17.3. The zero-order valence-corrected chi connectivity index (χ0v) is 16.0. The van der Waals surface area contributed by atoms with Crippen LogP contribution in [0.1, 0.15) is 17.0 Å². The summed E-state index contributed by atoms with van der Waals surface area (Å²) in [4.78, 5) is 11.6. The topological polar surface area (TPSA) is 22.6 Å². The Labute approximate surface area is 159 Å². The smallest absolute Gasteiger partial charge is 0.166 e. The lowest BCUT2D eigenvalue weighted by Gasteiger charge is -2.42. The van der Waals surface area contributed by atoms with Crippen LogP contribution in [0.15, 0.2) is 53.2 Å². The molecule has 0 spiro atoms. The van der Waals surface area contributed by atoms with E-state index in [1.807, 2.05) is 11.6 Å². The van der Waals surface area contributed by atoms with Crippen molar-refractivity contribution in [2.24, 2.45) is 0 Å². The SMILES string of the molecule is CN1CN(Cc2ccccc2)CC2=C1CCN(CC#Cc1nccs1)C2. The molecule has 26 heavy (non-hydrogen) atoms. The van der Waals surface area contributed by atoms with E-state index in [1.54, 1.807) is 22.6 Å². The van der Waals surface area contributed by atoms with Crippen molar-refractivity contribution in [3.05, 3.63) is 63.7 Å². The zero-order valence-electron chi connectivity index (χ0n) is 15.2. The molecule has 0 bridgehead atoms. The molecule has 0 saturated carbocycles. The number of aromatic nitrogens is 1. The van der Waals surface area contributed by atoms with Gasteiger partial charge in [-0.05, 0) is 17.1 Å². The van der Waals surface area contributed by atoms with Gasteiger partial charge in [0.2, 0.25) is 0 Å². The molecule has 2 aliphatic rings. The fourth-order valence-corrected chi connectivity index (χ4v) is 4.29. The Bertz CT molecular complexity index is 817. The maximum atomic E-state index is 4.23. The maximum Gasteiger partial charge on any atom is 0.166 e. The summed E-state index contributed by atoms with van der Waals surface area (Å²) in [7, 11) is 2.23. The minimum absolute atomic E-state index is 0.818. The molecule has 0 radical (unpaired) electrons. The molecule has 0 fully saturated rings. The molecule has 0 saturated heterocycles. The van der Waals surface area contributed by atoms with Crippen molar-refractivity contribution in [1.82, 2.24) is 19.7 Å². The summed E-state index contributed by atoms with van der Waals surface area (Å²) in [5.41, 5.74) is 4.47. The van der Waals surface area contributed by atoms with Gasteiger partial charge in [-0.2, -0.15) is 0 Å². The average molecular weight is 365 g/mol. The Morgan fingerprint density at radius 1 is 1.15 bits per heavy atom. The van der Waals surface area contributed by atoms with Crippen LogP contribution in [0.2, 0.25) is 0 Å². The molecule has 1 aromatic heterocycles. The van der Waals surface area contributed by atoms with Gasteiger partial charge in [-0.15, -0.1) is 11.3 Å². The molecule has 0 amide bonds. The third kappa shape index (κ3) is 4.16. The van der Waals surface area contributed by atoms with Crippen molar-refractivity contribution in [3.63, 3.8) is 0 Å². The van der Waals surface area contributed by atoms with Gasteiger partial charge in [-0.1, -0.05) is 36.3 Å². The number of benzene rings is 1. The third-order valence-electron chi connectivity index (χ3n) is 4.95. The van der Waals surface area contributed by atoms with E-state index in [4.69, 9.17) is 0 Å². The summed E-state index contributed by atoms with van der Waals surface area (Å²) < 4.78 is 0. The van der Waals surface area contributed by atoms with Crippen LogP contribution >= 0.6 is 11.3 Å². The van der Waals surface area contributed by atoms with Gasteiger partial charge in [0.05, 0.1) is 13.2 Å². The van der Waals surface area contributed by atoms with Crippen LogP contribution in [0.3, 0.4) is 0 Å². The molecular weight excluding hydrogens is 340 g/mol. The molecule has 0 N–H and O–H groups in total. The lowest BCUT2D eigenvalue weighted by molar-refractivity contribution is 0.137. The number of nitrogens with zero attached hydrogens (tertiary/aromatic N) is 4. The summed E-state index contributed by atoms with van der Waals surface area (Å²) in [5.74, 6) is 6.46. The highest BCUT2D eigenvalue weighted by Crippen LogP contribution is 2.26. The first-order chi connectivity index (χ1) is 12.8. The first-order valence-corrected chi connectivity index (χ1v) is 9.95. The largest absolute Gasteiger partial charge is 0.365 e. The van der Waals surface area contributed by atoms with Gasteiger partial charge in [0.25, 0.3) is 0 Å². The monoisotopic (exact) mass is 364 g/mol. The molecule has 2 aliphatic heterocycles. The van der Waals surface area contributed by atoms with Gasteiger partial charge < -0.3 is 4.90 Å². The van der Waals surface area contributed by atoms with Gasteiger partial charge in [0.15, 0.2) is 5.01 Å². The molecule has 5 heteroatoms. The number of thiazole rings is 1. The van der Waals surface area contributed by atoms with Crippen molar-refractivity contribution < 1.29 is 0 Å². The van der Waals surface area contributed by atoms with Crippen LogP contribution in [0.5, 0.6) is 0 Å². The van der Waals surface area contributed by atoms with Crippen molar-refractivity contribution in [2.75, 3.05) is 39.9 Å². The van der Waals surface area contributed by atoms with E-state index in [0.717, 1.165) is 50.8 Å². The molecule has 1 aromatic carbocycles. The Morgan fingerprint density at radius 2 is 2.00 bits per heavy atom. The normalized spacial score (nSPS) is 18.4. The summed E-state index contributed by atoms with van der Waals surface area (Å²) in [6.07, 6.45) is 2.94. The Hall–Kier alpha value is -2.13. The van der Waals surface area contributed by atoms with E-state index < -0.39 is 0 Å². The number of hydrogen-bond donors (Lipinski definition) is 0. The van der Waals surface area contributed by atoms with Crippen LogP contribution in [-0.4, -0.2) is 59.6 Å². The summed E-state index contributed by atoms with van der Waals surface area (Å²) in [6.45, 7) is 6.01. The van der Waals surface area contributed by atoms with E-state index >= 15 is 0 Å². The second-order valence-corrected chi connectivity index (χ2v) is 7.86. The molecule has 0 unspecified atom stereocenters. The van der Waals surface area contributed by atoms with Crippen LogP contribution in [0.4, 0.5) is 0 Å². The average Bonchev–Trinajstić information content (AvgIpc) is 3.16. The van der Waals surface area contributed by atoms with Crippen LogP contribution < -0.4 is 0 Å². The van der Waals surface area contributed by atoms with Gasteiger partial charge in [0.1, 0.15) is 0 Å². The first-order valence-electron chi connectivity index (χ1n) is 9.07. The van der Waals surface area contributed by atoms with E-state index in [0.29, 0.717) is 0 Å². The molecular formula is C21H24N4S. The minimum Gasteiger partial charge on any atom is -0.365 e. The van der Waals surface area contributed by atoms with Crippen LogP contribution in [-0.2, 0) is 6.54 Å². The molecule has 3 heterocycles. The van der Waals surface area contributed by atoms with E-state index in [9.17, 15) is 0 Å². The second-order valence-electron chi connectivity index (χ2n) is 6.96. The van der Waals surface area contributed by atoms with Crippen molar-refractivity contribution in [2.45, 2.75) is 13.0 Å². The quantitative estimate of drug-likeness (QED) is 0.781. The Kier molecular flexibility index (Phi) is 5.35. The molecule has 4 rings (SSSR count). The summed E-state index contributed by atoms with van der Waals surface area (Å²) >= 11 is 1.60. The standard InChI is InChI=1S/C21H24N4S/c1-23-17-25(14-18-6-3-2-4-7-18)16-19-15-24(12-9-20(19)23)11-5-8-21-22-10-13-26-21/h2-4,6-7,10,13H,9,11-12,14-17H2,1H3. The van der Waals surface area contributed by atoms with Crippen molar-refractivity contribution in [3.8, 4) is 11.8 Å². The molecule has 2 aromatic rings. The molecule has 134 valence electrons. The number of hydrogen-bond acceptors (Lipinski definition) is 5. The van der Waals surface area contributed by atoms with Gasteiger partial charge >= 0.3 is 0 Å². The fourth-order valence-electron chi connectivity index (χ4n) is 3.78. The van der Waals surface area contributed by atoms with Gasteiger partial charge in [-0.3, -0.25) is 9.80 Å². The van der Waals surface area contributed by atoms with E-state index in [-0.39, 0.29) is 0 Å². The van der Waals surface area contributed by atoms with Crippen molar-refractivity contribution in [1.29, 1.82) is 0 Å². The van der Waals surface area contributed by atoms with Crippen LogP contribution in [0, 0.1) is 11.8 Å². The summed E-state index contributed by atoms with van der Waals surface area (Å²) in [5, 5.41) is 2.88.